The number of ether oxygens (including phenoxy) is 1. The van der Waals surface area contributed by atoms with Gasteiger partial charge in [-0.25, -0.2) is 4.79 Å². The third-order valence-corrected chi connectivity index (χ3v) is 3.50. The van der Waals surface area contributed by atoms with Crippen molar-refractivity contribution in [2.24, 2.45) is 0 Å². The summed E-state index contributed by atoms with van der Waals surface area (Å²) in [6, 6.07) is 5.50. The molecular formula is C15H17N3O4S. The summed E-state index contributed by atoms with van der Waals surface area (Å²) >= 11 is 5.12. The summed E-state index contributed by atoms with van der Waals surface area (Å²) in [6.07, 6.45) is -0.303. The molecule has 1 aliphatic heterocycles. The number of carbonyl (C=O) groups is 1. The van der Waals surface area contributed by atoms with E-state index < -0.39 is 16.9 Å². The van der Waals surface area contributed by atoms with Gasteiger partial charge in [0.25, 0.3) is 5.69 Å². The summed E-state index contributed by atoms with van der Waals surface area (Å²) < 4.78 is 5.26. The number of nitrogens with one attached hydrogen (secondary N) is 2. The van der Waals surface area contributed by atoms with Gasteiger partial charge in [0.1, 0.15) is 0 Å². The minimum Gasteiger partial charge on any atom is -0.459 e. The molecule has 1 unspecified atom stereocenters. The lowest BCUT2D eigenvalue weighted by Gasteiger charge is -2.30. The molecule has 0 saturated heterocycles. The van der Waals surface area contributed by atoms with E-state index in [1.165, 1.54) is 6.07 Å². The topological polar surface area (TPSA) is 93.5 Å². The number of carbonyl (C=O) groups excluding carboxylic acids is 1. The van der Waals surface area contributed by atoms with Crippen LogP contribution in [0.15, 0.2) is 35.5 Å². The lowest BCUT2D eigenvalue weighted by molar-refractivity contribution is -0.385. The van der Waals surface area contributed by atoms with Gasteiger partial charge in [0, 0.05) is 11.8 Å². The van der Waals surface area contributed by atoms with Gasteiger partial charge in [-0.05, 0) is 39.1 Å². The van der Waals surface area contributed by atoms with Crippen LogP contribution < -0.4 is 10.6 Å². The Morgan fingerprint density at radius 3 is 2.65 bits per heavy atom. The van der Waals surface area contributed by atoms with Crippen LogP contribution in [0.4, 0.5) is 5.69 Å². The van der Waals surface area contributed by atoms with Crippen LogP contribution in [0.5, 0.6) is 0 Å². The van der Waals surface area contributed by atoms with Crippen LogP contribution in [0.1, 0.15) is 32.4 Å². The number of nitro groups is 1. The van der Waals surface area contributed by atoms with E-state index in [-0.39, 0.29) is 17.4 Å². The third kappa shape index (κ3) is 3.65. The van der Waals surface area contributed by atoms with Gasteiger partial charge in [0.15, 0.2) is 5.11 Å². The second-order valence-electron chi connectivity index (χ2n) is 5.34. The Morgan fingerprint density at radius 1 is 1.39 bits per heavy atom. The zero-order chi connectivity index (χ0) is 17.1. The van der Waals surface area contributed by atoms with E-state index in [2.05, 4.69) is 10.6 Å². The Morgan fingerprint density at radius 2 is 2.04 bits per heavy atom. The van der Waals surface area contributed by atoms with Crippen LogP contribution in [0.3, 0.4) is 0 Å². The van der Waals surface area contributed by atoms with Crippen molar-refractivity contribution in [1.82, 2.24) is 10.6 Å². The molecule has 0 amide bonds. The zero-order valence-electron chi connectivity index (χ0n) is 13.0. The first kappa shape index (κ1) is 16.9. The summed E-state index contributed by atoms with van der Waals surface area (Å²) in [4.78, 5) is 23.2. The molecule has 122 valence electrons. The fourth-order valence-electron chi connectivity index (χ4n) is 2.37. The number of benzene rings is 1. The number of nitro benzene ring substituents is 1. The molecule has 0 bridgehead atoms. The fraction of sp³-hybridized carbons (Fsp3) is 0.333. The van der Waals surface area contributed by atoms with E-state index in [0.29, 0.717) is 16.4 Å². The van der Waals surface area contributed by atoms with E-state index in [0.717, 1.165) is 0 Å². The Labute approximate surface area is 138 Å². The highest BCUT2D eigenvalue weighted by molar-refractivity contribution is 7.80. The highest BCUT2D eigenvalue weighted by Crippen LogP contribution is 2.33. The summed E-state index contributed by atoms with van der Waals surface area (Å²) in [5, 5.41) is 17.4. The summed E-state index contributed by atoms with van der Waals surface area (Å²) in [5.41, 5.74) is 1.07. The Balaban J connectivity index is 2.54. The standard InChI is InChI=1S/C15H17N3O4S/c1-8(2)22-14(19)12-9(3)16-15(23)17-13(12)10-6-4-5-7-11(10)18(20)21/h4-8,13H,1-3H3,(H2,16,17,23). The van der Waals surface area contributed by atoms with Crippen LogP contribution in [0.25, 0.3) is 0 Å². The average Bonchev–Trinajstić information content (AvgIpc) is 2.45. The molecule has 23 heavy (non-hydrogen) atoms. The van der Waals surface area contributed by atoms with Crippen LogP contribution in [0.2, 0.25) is 0 Å². The zero-order valence-corrected chi connectivity index (χ0v) is 13.8. The number of para-hydroxylation sites is 1. The molecular weight excluding hydrogens is 318 g/mol. The quantitative estimate of drug-likeness (QED) is 0.377. The first-order chi connectivity index (χ1) is 10.8. The van der Waals surface area contributed by atoms with Crippen LogP contribution >= 0.6 is 12.2 Å². The van der Waals surface area contributed by atoms with Gasteiger partial charge in [-0.15, -0.1) is 0 Å². The maximum Gasteiger partial charge on any atom is 0.338 e. The van der Waals surface area contributed by atoms with E-state index >= 15 is 0 Å². The molecule has 7 nitrogen and oxygen atoms in total. The van der Waals surface area contributed by atoms with Gasteiger partial charge in [0.2, 0.25) is 0 Å². The first-order valence-electron chi connectivity index (χ1n) is 7.03. The molecule has 0 aliphatic carbocycles. The van der Waals surface area contributed by atoms with Crippen molar-refractivity contribution in [2.75, 3.05) is 0 Å². The van der Waals surface area contributed by atoms with Crippen molar-refractivity contribution >= 4 is 29.0 Å². The fourth-order valence-corrected chi connectivity index (χ4v) is 2.64. The maximum absolute atomic E-state index is 12.4. The van der Waals surface area contributed by atoms with Crippen molar-refractivity contribution in [2.45, 2.75) is 32.9 Å². The van der Waals surface area contributed by atoms with E-state index in [9.17, 15) is 14.9 Å². The van der Waals surface area contributed by atoms with E-state index in [4.69, 9.17) is 17.0 Å². The minimum atomic E-state index is -0.739. The van der Waals surface area contributed by atoms with Crippen LogP contribution in [-0.4, -0.2) is 22.1 Å². The summed E-state index contributed by atoms with van der Waals surface area (Å²) in [7, 11) is 0. The van der Waals surface area contributed by atoms with Crippen molar-refractivity contribution < 1.29 is 14.5 Å². The van der Waals surface area contributed by atoms with Crippen molar-refractivity contribution in [3.05, 3.63) is 51.2 Å². The molecule has 1 heterocycles. The smallest absolute Gasteiger partial charge is 0.338 e. The second-order valence-corrected chi connectivity index (χ2v) is 5.75. The molecule has 2 rings (SSSR count). The largest absolute Gasteiger partial charge is 0.459 e. The number of esters is 1. The predicted octanol–water partition coefficient (Wildman–Crippen LogP) is 2.34. The molecule has 1 aromatic carbocycles. The first-order valence-corrected chi connectivity index (χ1v) is 7.44. The Hall–Kier alpha value is -2.48. The number of nitrogens with zero attached hydrogens (tertiary/aromatic N) is 1. The number of rotatable bonds is 4. The number of hydrogen-bond donors (Lipinski definition) is 2. The highest BCUT2D eigenvalue weighted by atomic mass is 32.1. The van der Waals surface area contributed by atoms with Crippen molar-refractivity contribution in [3.63, 3.8) is 0 Å². The monoisotopic (exact) mass is 335 g/mol. The molecule has 2 N–H and O–H groups in total. The summed E-state index contributed by atoms with van der Waals surface area (Å²) in [6.45, 7) is 5.16. The lowest BCUT2D eigenvalue weighted by Crippen LogP contribution is -2.45. The Bertz CT molecular complexity index is 700. The average molecular weight is 335 g/mol. The van der Waals surface area contributed by atoms with Gasteiger partial charge in [0.05, 0.1) is 28.2 Å². The molecule has 1 atom stereocenters. The second kappa shape index (κ2) is 6.74. The molecule has 0 aromatic heterocycles. The highest BCUT2D eigenvalue weighted by Gasteiger charge is 2.34. The molecule has 0 radical (unpaired) electrons. The predicted molar refractivity (Wildman–Crippen MR) is 88.6 cm³/mol. The number of hydrogen-bond acceptors (Lipinski definition) is 5. The molecule has 8 heteroatoms. The van der Waals surface area contributed by atoms with Gasteiger partial charge < -0.3 is 15.4 Å². The van der Waals surface area contributed by atoms with Crippen molar-refractivity contribution in [3.8, 4) is 0 Å². The summed E-state index contributed by atoms with van der Waals surface area (Å²) in [5.74, 6) is -0.539. The maximum atomic E-state index is 12.4. The van der Waals surface area contributed by atoms with Crippen LogP contribution in [0, 0.1) is 10.1 Å². The van der Waals surface area contributed by atoms with Crippen molar-refractivity contribution in [1.29, 1.82) is 0 Å². The number of thiocarbonyl (C=S) groups is 1. The normalized spacial score (nSPS) is 17.6. The van der Waals surface area contributed by atoms with E-state index in [1.54, 1.807) is 39.0 Å². The Kier molecular flexibility index (Phi) is 4.95. The molecule has 1 aliphatic rings. The van der Waals surface area contributed by atoms with Gasteiger partial charge in [-0.2, -0.15) is 0 Å². The van der Waals surface area contributed by atoms with Gasteiger partial charge in [-0.1, -0.05) is 12.1 Å². The van der Waals surface area contributed by atoms with Gasteiger partial charge in [-0.3, -0.25) is 10.1 Å². The lowest BCUT2D eigenvalue weighted by atomic mass is 9.94. The third-order valence-electron chi connectivity index (χ3n) is 3.28. The molecule has 0 spiro atoms. The molecule has 1 aromatic rings. The molecule has 0 fully saturated rings. The van der Waals surface area contributed by atoms with Crippen LogP contribution in [-0.2, 0) is 9.53 Å². The van der Waals surface area contributed by atoms with Gasteiger partial charge >= 0.3 is 5.97 Å². The minimum absolute atomic E-state index is 0.0858. The van der Waals surface area contributed by atoms with E-state index in [1.807, 2.05) is 0 Å². The number of allylic oxidation sites excluding steroid dienone is 1. The molecule has 0 saturated carbocycles. The SMILES string of the molecule is CC1=C(C(=O)OC(C)C)C(c2ccccc2[N+](=O)[O-])NC(=S)N1.